The summed E-state index contributed by atoms with van der Waals surface area (Å²) in [5.41, 5.74) is 0. The van der Waals surface area contributed by atoms with E-state index >= 15 is 0 Å². The van der Waals surface area contributed by atoms with E-state index in [2.05, 4.69) is 46.9 Å². The highest BCUT2D eigenvalue weighted by molar-refractivity contribution is 7.80. The first-order chi connectivity index (χ1) is 13.0. The molecule has 2 fully saturated rings. The molecule has 0 bridgehead atoms. The Morgan fingerprint density at radius 3 is 2.52 bits per heavy atom. The van der Waals surface area contributed by atoms with E-state index in [0.29, 0.717) is 23.5 Å². The fourth-order valence-corrected chi connectivity index (χ4v) is 3.92. The van der Waals surface area contributed by atoms with Crippen LogP contribution in [0.15, 0.2) is 18.7 Å². The van der Waals surface area contributed by atoms with E-state index in [1.807, 2.05) is 0 Å². The Morgan fingerprint density at radius 2 is 1.85 bits per heavy atom. The fourth-order valence-electron chi connectivity index (χ4n) is 3.75. The number of nitrogens with one attached hydrogen (secondary N) is 2. The van der Waals surface area contributed by atoms with Crippen LogP contribution in [0, 0.1) is 11.8 Å². The van der Waals surface area contributed by atoms with Crippen molar-refractivity contribution in [1.29, 1.82) is 0 Å². The standard InChI is InChI=1S/C20H32N6S/c1-4-9-21-20(27)24-19-22-17(25-11-7-15(2)8-12-25)13-18(23-19)26-10-5-6-16(3)14-26/h4,13,15-16H,1,5-12,14H2,2-3H3,(H2,21,22,23,24,27)/t16-/m1/s1. The number of hydrogen-bond acceptors (Lipinski definition) is 5. The quantitative estimate of drug-likeness (QED) is 0.592. The summed E-state index contributed by atoms with van der Waals surface area (Å²) in [5, 5.41) is 6.76. The monoisotopic (exact) mass is 388 g/mol. The highest BCUT2D eigenvalue weighted by atomic mass is 32.1. The first kappa shape index (κ1) is 19.9. The number of nitrogens with zero attached hydrogens (tertiary/aromatic N) is 4. The Morgan fingerprint density at radius 1 is 1.15 bits per heavy atom. The lowest BCUT2D eigenvalue weighted by Gasteiger charge is -2.34. The molecule has 1 aromatic heterocycles. The molecule has 1 aromatic rings. The van der Waals surface area contributed by atoms with Crippen LogP contribution in [0.5, 0.6) is 0 Å². The highest BCUT2D eigenvalue weighted by Gasteiger charge is 2.22. The molecule has 148 valence electrons. The molecular weight excluding hydrogens is 356 g/mol. The lowest BCUT2D eigenvalue weighted by atomic mass is 9.99. The highest BCUT2D eigenvalue weighted by Crippen LogP contribution is 2.28. The van der Waals surface area contributed by atoms with Crippen LogP contribution >= 0.6 is 12.2 Å². The number of hydrogen-bond donors (Lipinski definition) is 2. The van der Waals surface area contributed by atoms with Gasteiger partial charge in [-0.3, -0.25) is 0 Å². The van der Waals surface area contributed by atoms with Gasteiger partial charge in [-0.1, -0.05) is 19.9 Å². The van der Waals surface area contributed by atoms with E-state index in [9.17, 15) is 0 Å². The van der Waals surface area contributed by atoms with Crippen LogP contribution in [0.3, 0.4) is 0 Å². The fraction of sp³-hybridized carbons (Fsp3) is 0.650. The van der Waals surface area contributed by atoms with Crippen LogP contribution in [-0.4, -0.2) is 47.8 Å². The Bertz CT molecular complexity index is 656. The molecule has 3 rings (SSSR count). The van der Waals surface area contributed by atoms with Crippen LogP contribution < -0.4 is 20.4 Å². The molecule has 3 heterocycles. The van der Waals surface area contributed by atoms with E-state index in [1.54, 1.807) is 6.08 Å². The van der Waals surface area contributed by atoms with Crippen molar-refractivity contribution in [1.82, 2.24) is 15.3 Å². The predicted molar refractivity (Wildman–Crippen MR) is 118 cm³/mol. The SMILES string of the molecule is C=CCNC(=S)Nc1nc(N2CCC(C)CC2)cc(N2CCC[C@@H](C)C2)n1. The maximum atomic E-state index is 5.36. The molecule has 0 aliphatic carbocycles. The molecule has 0 saturated carbocycles. The second-order valence-electron chi connectivity index (χ2n) is 7.89. The maximum absolute atomic E-state index is 5.36. The minimum atomic E-state index is 0.525. The summed E-state index contributed by atoms with van der Waals surface area (Å²) in [4.78, 5) is 14.3. The van der Waals surface area contributed by atoms with Crippen LogP contribution in [0.4, 0.5) is 17.6 Å². The van der Waals surface area contributed by atoms with Crippen molar-refractivity contribution < 1.29 is 0 Å². The third-order valence-electron chi connectivity index (χ3n) is 5.42. The van der Waals surface area contributed by atoms with Crippen molar-refractivity contribution in [2.24, 2.45) is 11.8 Å². The van der Waals surface area contributed by atoms with Crippen molar-refractivity contribution in [2.45, 2.75) is 39.5 Å². The summed E-state index contributed by atoms with van der Waals surface area (Å²) in [6.45, 7) is 13.2. The molecule has 0 unspecified atom stereocenters. The number of thiocarbonyl (C=S) groups is 1. The number of aromatic nitrogens is 2. The van der Waals surface area contributed by atoms with Gasteiger partial charge in [0.2, 0.25) is 5.95 Å². The Hall–Kier alpha value is -1.89. The predicted octanol–water partition coefficient (Wildman–Crippen LogP) is 3.42. The lowest BCUT2D eigenvalue weighted by Crippen LogP contribution is -2.37. The summed E-state index contributed by atoms with van der Waals surface area (Å²) >= 11 is 5.36. The van der Waals surface area contributed by atoms with Gasteiger partial charge in [0.1, 0.15) is 11.6 Å². The topological polar surface area (TPSA) is 56.3 Å². The lowest BCUT2D eigenvalue weighted by molar-refractivity contribution is 0.435. The van der Waals surface area contributed by atoms with Gasteiger partial charge >= 0.3 is 0 Å². The van der Waals surface area contributed by atoms with Gasteiger partial charge in [0.25, 0.3) is 0 Å². The largest absolute Gasteiger partial charge is 0.359 e. The Kier molecular flexibility index (Phi) is 6.88. The molecular formula is C20H32N6S. The van der Waals surface area contributed by atoms with E-state index in [4.69, 9.17) is 22.2 Å². The van der Waals surface area contributed by atoms with Gasteiger partial charge < -0.3 is 20.4 Å². The normalized spacial score (nSPS) is 21.0. The molecule has 6 nitrogen and oxygen atoms in total. The van der Waals surface area contributed by atoms with Crippen LogP contribution in [0.25, 0.3) is 0 Å². The first-order valence-electron chi connectivity index (χ1n) is 10.1. The summed E-state index contributed by atoms with van der Waals surface area (Å²) in [6, 6.07) is 2.15. The van der Waals surface area contributed by atoms with Gasteiger partial charge in [0.05, 0.1) is 0 Å². The Labute approximate surface area is 168 Å². The zero-order valence-electron chi connectivity index (χ0n) is 16.6. The number of anilines is 3. The van der Waals surface area contributed by atoms with Crippen molar-refractivity contribution in [2.75, 3.05) is 47.8 Å². The van der Waals surface area contributed by atoms with Gasteiger partial charge in [0, 0.05) is 38.8 Å². The zero-order chi connectivity index (χ0) is 19.2. The second kappa shape index (κ2) is 9.35. The van der Waals surface area contributed by atoms with Gasteiger partial charge in [-0.15, -0.1) is 6.58 Å². The van der Waals surface area contributed by atoms with E-state index in [1.165, 1.54) is 25.7 Å². The van der Waals surface area contributed by atoms with E-state index in [-0.39, 0.29) is 0 Å². The van der Waals surface area contributed by atoms with Gasteiger partial charge in [-0.05, 0) is 49.7 Å². The smallest absolute Gasteiger partial charge is 0.232 e. The Balaban J connectivity index is 1.82. The molecule has 27 heavy (non-hydrogen) atoms. The molecule has 2 aliphatic heterocycles. The minimum Gasteiger partial charge on any atom is -0.359 e. The maximum Gasteiger partial charge on any atom is 0.232 e. The van der Waals surface area contributed by atoms with Crippen molar-refractivity contribution in [3.8, 4) is 0 Å². The molecule has 1 atom stereocenters. The average Bonchev–Trinajstić information content (AvgIpc) is 2.66. The summed E-state index contributed by atoms with van der Waals surface area (Å²) in [5.74, 6) is 4.05. The molecule has 2 N–H and O–H groups in total. The summed E-state index contributed by atoms with van der Waals surface area (Å²) in [6.07, 6.45) is 6.70. The molecule has 0 aromatic carbocycles. The van der Waals surface area contributed by atoms with Crippen molar-refractivity contribution >= 4 is 34.9 Å². The molecule has 2 aliphatic rings. The van der Waals surface area contributed by atoms with E-state index < -0.39 is 0 Å². The van der Waals surface area contributed by atoms with Crippen molar-refractivity contribution in [3.05, 3.63) is 18.7 Å². The minimum absolute atomic E-state index is 0.525. The zero-order valence-corrected chi connectivity index (χ0v) is 17.4. The number of piperidine rings is 2. The van der Waals surface area contributed by atoms with Crippen LogP contribution in [0.2, 0.25) is 0 Å². The second-order valence-corrected chi connectivity index (χ2v) is 8.30. The third-order valence-corrected chi connectivity index (χ3v) is 5.67. The first-order valence-corrected chi connectivity index (χ1v) is 10.5. The number of rotatable bonds is 5. The van der Waals surface area contributed by atoms with Gasteiger partial charge in [0.15, 0.2) is 5.11 Å². The molecule has 0 radical (unpaired) electrons. The summed E-state index contributed by atoms with van der Waals surface area (Å²) in [7, 11) is 0. The van der Waals surface area contributed by atoms with E-state index in [0.717, 1.165) is 43.7 Å². The van der Waals surface area contributed by atoms with Crippen LogP contribution in [0.1, 0.15) is 39.5 Å². The average molecular weight is 389 g/mol. The molecule has 0 spiro atoms. The van der Waals surface area contributed by atoms with Gasteiger partial charge in [-0.2, -0.15) is 9.97 Å². The van der Waals surface area contributed by atoms with Crippen LogP contribution in [-0.2, 0) is 0 Å². The third kappa shape index (κ3) is 5.54. The van der Waals surface area contributed by atoms with Gasteiger partial charge in [-0.25, -0.2) is 0 Å². The molecule has 0 amide bonds. The molecule has 7 heteroatoms. The molecule has 2 saturated heterocycles. The summed E-state index contributed by atoms with van der Waals surface area (Å²) < 4.78 is 0. The van der Waals surface area contributed by atoms with Crippen molar-refractivity contribution in [3.63, 3.8) is 0 Å².